The summed E-state index contributed by atoms with van der Waals surface area (Å²) in [4.78, 5) is 25.7. The maximum Gasteiger partial charge on any atom is 0.339 e. The van der Waals surface area contributed by atoms with Gasteiger partial charge in [0.15, 0.2) is 11.5 Å². The van der Waals surface area contributed by atoms with Crippen molar-refractivity contribution in [3.05, 3.63) is 93.5 Å². The van der Waals surface area contributed by atoms with E-state index in [1.165, 1.54) is 25.3 Å². The van der Waals surface area contributed by atoms with Gasteiger partial charge in [0.2, 0.25) is 0 Å². The zero-order valence-electron chi connectivity index (χ0n) is 19.6. The van der Waals surface area contributed by atoms with E-state index in [4.69, 9.17) is 8.92 Å². The van der Waals surface area contributed by atoms with Gasteiger partial charge in [0, 0.05) is 5.56 Å². The first-order valence-electron chi connectivity index (χ1n) is 10.7. The van der Waals surface area contributed by atoms with Crippen molar-refractivity contribution in [3.8, 4) is 11.5 Å². The van der Waals surface area contributed by atoms with Gasteiger partial charge >= 0.3 is 10.1 Å². The molecule has 0 radical (unpaired) electrons. The molecule has 0 fully saturated rings. The molecule has 0 aromatic heterocycles. The third kappa shape index (κ3) is 5.09. The van der Waals surface area contributed by atoms with E-state index in [9.17, 15) is 18.0 Å². The van der Waals surface area contributed by atoms with E-state index < -0.39 is 21.9 Å². The Kier molecular flexibility index (Phi) is 7.09. The number of methoxy groups -OCH3 is 1. The number of imide groups is 1. The van der Waals surface area contributed by atoms with Crippen LogP contribution in [0.1, 0.15) is 28.4 Å². The summed E-state index contributed by atoms with van der Waals surface area (Å²) in [6, 6.07) is 17.8. The van der Waals surface area contributed by atoms with Crippen LogP contribution in [0.4, 0.5) is 0 Å². The van der Waals surface area contributed by atoms with Gasteiger partial charge < -0.3 is 8.92 Å². The first-order valence-corrected chi connectivity index (χ1v) is 12.9. The Morgan fingerprint density at radius 1 is 1.03 bits per heavy atom. The second-order valence-electron chi connectivity index (χ2n) is 7.92. The van der Waals surface area contributed by atoms with Crippen LogP contribution in [-0.2, 0) is 14.9 Å². The molecule has 0 saturated heterocycles. The van der Waals surface area contributed by atoms with E-state index in [0.717, 1.165) is 10.6 Å². The average Bonchev–Trinajstić information content (AvgIpc) is 3.14. The van der Waals surface area contributed by atoms with Crippen molar-refractivity contribution >= 4 is 49.7 Å². The van der Waals surface area contributed by atoms with Crippen LogP contribution in [0, 0.1) is 6.92 Å². The van der Waals surface area contributed by atoms with Crippen LogP contribution >= 0.6 is 15.9 Å². The Hall–Kier alpha value is -3.76. The molecule has 0 saturated carbocycles. The highest BCUT2D eigenvalue weighted by Crippen LogP contribution is 2.39. The van der Waals surface area contributed by atoms with Gasteiger partial charge in [-0.15, -0.1) is 0 Å². The number of halogens is 1. The van der Waals surface area contributed by atoms with Crippen molar-refractivity contribution in [2.24, 2.45) is 5.10 Å². The van der Waals surface area contributed by atoms with Crippen LogP contribution in [0.15, 0.2) is 86.8 Å². The lowest BCUT2D eigenvalue weighted by atomic mass is 10.1. The molecular formula is C26H21BrN2O6S. The largest absolute Gasteiger partial charge is 0.493 e. The smallest absolute Gasteiger partial charge is 0.339 e. The van der Waals surface area contributed by atoms with Crippen LogP contribution < -0.4 is 8.92 Å². The molecular weight excluding hydrogens is 548 g/mol. The fraction of sp³-hybridized carbons (Fsp3) is 0.115. The first-order chi connectivity index (χ1) is 17.1. The van der Waals surface area contributed by atoms with Crippen LogP contribution in [0.25, 0.3) is 6.08 Å². The summed E-state index contributed by atoms with van der Waals surface area (Å²) in [6.07, 6.45) is 1.55. The fourth-order valence-corrected chi connectivity index (χ4v) is 5.06. The minimum Gasteiger partial charge on any atom is -0.493 e. The molecule has 2 amide bonds. The number of hydrogen-bond acceptors (Lipinski definition) is 7. The molecule has 0 unspecified atom stereocenters. The highest BCUT2D eigenvalue weighted by Gasteiger charge is 2.33. The van der Waals surface area contributed by atoms with Crippen LogP contribution in [-0.4, -0.2) is 38.1 Å². The Morgan fingerprint density at radius 2 is 1.69 bits per heavy atom. The number of benzene rings is 3. The fourth-order valence-electron chi connectivity index (χ4n) is 3.46. The second kappa shape index (κ2) is 10.1. The summed E-state index contributed by atoms with van der Waals surface area (Å²) < 4.78 is 36.6. The maximum absolute atomic E-state index is 13.0. The number of amides is 2. The molecule has 36 heavy (non-hydrogen) atoms. The van der Waals surface area contributed by atoms with Crippen LogP contribution in [0.3, 0.4) is 0 Å². The van der Waals surface area contributed by atoms with Gasteiger partial charge in [0.25, 0.3) is 11.8 Å². The Morgan fingerprint density at radius 3 is 2.33 bits per heavy atom. The predicted molar refractivity (Wildman–Crippen MR) is 138 cm³/mol. The number of aryl methyl sites for hydroxylation is 1. The van der Waals surface area contributed by atoms with Gasteiger partial charge in [0.05, 0.1) is 22.9 Å². The number of carbonyl (C=O) groups is 2. The molecule has 1 aliphatic heterocycles. The zero-order chi connectivity index (χ0) is 26.0. The summed E-state index contributed by atoms with van der Waals surface area (Å²) in [5.74, 6) is -1.01. The summed E-state index contributed by atoms with van der Waals surface area (Å²) in [7, 11) is -2.75. The Labute approximate surface area is 217 Å². The van der Waals surface area contributed by atoms with Crippen molar-refractivity contribution in [2.75, 3.05) is 7.11 Å². The first kappa shape index (κ1) is 25.3. The molecule has 0 atom stereocenters. The molecule has 3 aromatic rings. The van der Waals surface area contributed by atoms with Crippen molar-refractivity contribution in [1.29, 1.82) is 0 Å². The van der Waals surface area contributed by atoms with E-state index in [2.05, 4.69) is 21.0 Å². The number of hydrogen-bond donors (Lipinski definition) is 0. The molecule has 1 heterocycles. The van der Waals surface area contributed by atoms with Gasteiger partial charge in [-0.05, 0) is 77.8 Å². The lowest BCUT2D eigenvalue weighted by molar-refractivity contribution is -0.123. The van der Waals surface area contributed by atoms with Crippen molar-refractivity contribution < 1.29 is 26.9 Å². The number of carbonyl (C=O) groups excluding carboxylic acids is 2. The van der Waals surface area contributed by atoms with E-state index in [1.54, 1.807) is 61.5 Å². The van der Waals surface area contributed by atoms with E-state index in [-0.39, 0.29) is 22.0 Å². The summed E-state index contributed by atoms with van der Waals surface area (Å²) in [5, 5.41) is 4.96. The Balaban J connectivity index is 1.64. The van der Waals surface area contributed by atoms with Crippen molar-refractivity contribution in [3.63, 3.8) is 0 Å². The number of nitrogens with zero attached hydrogens (tertiary/aromatic N) is 2. The molecule has 0 spiro atoms. The van der Waals surface area contributed by atoms with Crippen LogP contribution in [0.2, 0.25) is 0 Å². The van der Waals surface area contributed by atoms with Gasteiger partial charge in [-0.1, -0.05) is 35.9 Å². The van der Waals surface area contributed by atoms with E-state index in [1.807, 2.05) is 6.92 Å². The van der Waals surface area contributed by atoms with Gasteiger partial charge in [0.1, 0.15) is 4.90 Å². The quantitative estimate of drug-likeness (QED) is 0.236. The monoisotopic (exact) mass is 568 g/mol. The lowest BCUT2D eigenvalue weighted by Gasteiger charge is -2.14. The third-order valence-electron chi connectivity index (χ3n) is 5.34. The van der Waals surface area contributed by atoms with Gasteiger partial charge in [-0.2, -0.15) is 18.5 Å². The summed E-state index contributed by atoms with van der Waals surface area (Å²) in [6.45, 7) is 3.47. The highest BCUT2D eigenvalue weighted by molar-refractivity contribution is 9.10. The number of hydrazone groups is 1. The molecule has 1 aliphatic rings. The Bertz CT molecular complexity index is 1510. The number of rotatable bonds is 6. The molecule has 10 heteroatoms. The maximum atomic E-state index is 13.0. The van der Waals surface area contributed by atoms with E-state index in [0.29, 0.717) is 21.3 Å². The number of ether oxygens (including phenoxy) is 1. The molecule has 4 rings (SSSR count). The molecule has 3 aromatic carbocycles. The zero-order valence-corrected chi connectivity index (χ0v) is 22.0. The molecule has 0 aliphatic carbocycles. The average molecular weight is 569 g/mol. The lowest BCUT2D eigenvalue weighted by Crippen LogP contribution is -2.29. The van der Waals surface area contributed by atoms with E-state index >= 15 is 0 Å². The molecule has 184 valence electrons. The molecule has 0 bridgehead atoms. The standard InChI is InChI=1S/C26H21BrN2O6S/c1-16-9-11-20(12-10-16)36(32,33)35-24-22(27)14-18(15-23(24)34-3)13-21-17(2)28-29(26(21)31)25(30)19-7-5-4-6-8-19/h4-15H,1-3H3/b21-13+. The highest BCUT2D eigenvalue weighted by atomic mass is 79.9. The van der Waals surface area contributed by atoms with Crippen molar-refractivity contribution in [2.45, 2.75) is 18.7 Å². The molecule has 8 nitrogen and oxygen atoms in total. The second-order valence-corrected chi connectivity index (χ2v) is 10.3. The minimum absolute atomic E-state index is 0.000175. The molecule has 0 N–H and O–H groups in total. The normalized spacial score (nSPS) is 14.7. The van der Waals surface area contributed by atoms with Crippen LogP contribution in [0.5, 0.6) is 11.5 Å². The predicted octanol–water partition coefficient (Wildman–Crippen LogP) is 4.98. The topological polar surface area (TPSA) is 102 Å². The van der Waals surface area contributed by atoms with Crippen molar-refractivity contribution in [1.82, 2.24) is 5.01 Å². The minimum atomic E-state index is -4.12. The summed E-state index contributed by atoms with van der Waals surface area (Å²) in [5.41, 5.74) is 2.33. The van der Waals surface area contributed by atoms with Gasteiger partial charge in [-0.3, -0.25) is 9.59 Å². The van der Waals surface area contributed by atoms with Gasteiger partial charge in [-0.25, -0.2) is 0 Å². The SMILES string of the molecule is COc1cc(/C=C2/C(=O)N(C(=O)c3ccccc3)N=C2C)cc(Br)c1OS(=O)(=O)c1ccc(C)cc1. The summed E-state index contributed by atoms with van der Waals surface area (Å²) >= 11 is 3.34. The third-order valence-corrected chi connectivity index (χ3v) is 7.17.